The molecule has 0 saturated carbocycles. The van der Waals surface area contributed by atoms with Gasteiger partial charge in [0.15, 0.2) is 0 Å². The minimum Gasteiger partial charge on any atom is -0.359 e. The summed E-state index contributed by atoms with van der Waals surface area (Å²) in [6.45, 7) is 1.97. The van der Waals surface area contributed by atoms with E-state index in [1.54, 1.807) is 30.5 Å². The van der Waals surface area contributed by atoms with Crippen molar-refractivity contribution in [1.82, 2.24) is 0 Å². The fraction of sp³-hybridized carbons (Fsp3) is 0.0345. The molecule has 0 saturated heterocycles. The van der Waals surface area contributed by atoms with Crippen LogP contribution in [0.15, 0.2) is 109 Å². The van der Waals surface area contributed by atoms with Crippen molar-refractivity contribution in [3.8, 4) is 0 Å². The molecule has 166 valence electrons. The Hall–Kier alpha value is -4.64. The molecule has 0 unspecified atom stereocenters. The van der Waals surface area contributed by atoms with Crippen molar-refractivity contribution in [2.75, 3.05) is 15.5 Å². The second-order valence-electron chi connectivity index (χ2n) is 8.07. The number of hydrogen-bond donors (Lipinski definition) is 2. The van der Waals surface area contributed by atoms with Crippen molar-refractivity contribution in [2.45, 2.75) is 6.92 Å². The highest BCUT2D eigenvalue weighted by molar-refractivity contribution is 6.41. The van der Waals surface area contributed by atoms with E-state index in [1.807, 2.05) is 85.8 Å². The summed E-state index contributed by atoms with van der Waals surface area (Å²) in [5.74, 6) is -0.693. The van der Waals surface area contributed by atoms with E-state index in [4.69, 9.17) is 0 Å². The first-order valence-corrected chi connectivity index (χ1v) is 11.0. The molecule has 0 spiro atoms. The van der Waals surface area contributed by atoms with E-state index in [0.717, 1.165) is 22.6 Å². The largest absolute Gasteiger partial charge is 0.359 e. The van der Waals surface area contributed by atoms with Crippen molar-refractivity contribution < 1.29 is 9.59 Å². The van der Waals surface area contributed by atoms with E-state index in [2.05, 4.69) is 10.6 Å². The second-order valence-corrected chi connectivity index (χ2v) is 8.07. The smallest absolute Gasteiger partial charge is 0.267 e. The van der Waals surface area contributed by atoms with Gasteiger partial charge in [0.25, 0.3) is 11.8 Å². The fourth-order valence-corrected chi connectivity index (χ4v) is 3.97. The van der Waals surface area contributed by atoms with Gasteiger partial charge in [0.05, 0.1) is 22.6 Å². The predicted octanol–water partition coefficient (Wildman–Crippen LogP) is 6.38. The van der Waals surface area contributed by atoms with Crippen molar-refractivity contribution in [3.05, 3.63) is 126 Å². The van der Waals surface area contributed by atoms with Gasteiger partial charge in [-0.1, -0.05) is 66.2 Å². The molecule has 0 fully saturated rings. The number of hydrogen-bond acceptors (Lipinski definition) is 4. The third-order valence-electron chi connectivity index (χ3n) is 5.73. The summed E-state index contributed by atoms with van der Waals surface area (Å²) in [4.78, 5) is 28.0. The molecule has 0 atom stereocenters. The van der Waals surface area contributed by atoms with Gasteiger partial charge in [0.2, 0.25) is 0 Å². The quantitative estimate of drug-likeness (QED) is 0.276. The number of anilines is 4. The van der Waals surface area contributed by atoms with Gasteiger partial charge in [0.1, 0.15) is 0 Å². The molecular weight excluding hydrogens is 422 g/mol. The molecule has 5 nitrogen and oxygen atoms in total. The zero-order valence-electron chi connectivity index (χ0n) is 18.7. The SMILES string of the molecule is Cc1ccc(N2C(=O)C(=CNc3ccccc3Nc3ccccc3)c3ccccc3C2=O)cc1. The summed E-state index contributed by atoms with van der Waals surface area (Å²) < 4.78 is 0. The maximum absolute atomic E-state index is 13.6. The van der Waals surface area contributed by atoms with Crippen LogP contribution in [0.2, 0.25) is 0 Å². The summed E-state index contributed by atoms with van der Waals surface area (Å²) in [6.07, 6.45) is 1.68. The molecule has 34 heavy (non-hydrogen) atoms. The van der Waals surface area contributed by atoms with Crippen LogP contribution in [0.5, 0.6) is 0 Å². The lowest BCUT2D eigenvalue weighted by molar-refractivity contribution is -0.112. The van der Waals surface area contributed by atoms with Gasteiger partial charge < -0.3 is 10.6 Å². The van der Waals surface area contributed by atoms with E-state index in [-0.39, 0.29) is 11.8 Å². The number of nitrogens with one attached hydrogen (secondary N) is 2. The number of amides is 2. The van der Waals surface area contributed by atoms with Crippen molar-refractivity contribution >= 4 is 40.1 Å². The number of aryl methyl sites for hydroxylation is 1. The van der Waals surface area contributed by atoms with Gasteiger partial charge in [-0.2, -0.15) is 0 Å². The minimum absolute atomic E-state index is 0.326. The minimum atomic E-state index is -0.367. The van der Waals surface area contributed by atoms with Crippen LogP contribution in [0.3, 0.4) is 0 Å². The van der Waals surface area contributed by atoms with E-state index in [1.165, 1.54) is 4.90 Å². The number of nitrogens with zero attached hydrogens (tertiary/aromatic N) is 1. The van der Waals surface area contributed by atoms with Gasteiger partial charge in [0, 0.05) is 23.0 Å². The Morgan fingerprint density at radius 3 is 2.00 bits per heavy atom. The standard InChI is InChI=1S/C29H23N3O2/c1-20-15-17-22(18-16-20)32-28(33)24-12-6-5-11-23(24)25(29(32)34)19-30-26-13-7-8-14-27(26)31-21-9-3-2-4-10-21/h2-19,30-31H,1H3. The summed E-state index contributed by atoms with van der Waals surface area (Å²) in [7, 11) is 0. The Morgan fingerprint density at radius 2 is 1.26 bits per heavy atom. The first-order chi connectivity index (χ1) is 16.6. The monoisotopic (exact) mass is 445 g/mol. The molecule has 5 heteroatoms. The Balaban J connectivity index is 1.52. The molecule has 4 aromatic rings. The van der Waals surface area contributed by atoms with E-state index < -0.39 is 0 Å². The molecule has 0 aliphatic carbocycles. The van der Waals surface area contributed by atoms with Gasteiger partial charge in [-0.15, -0.1) is 0 Å². The van der Waals surface area contributed by atoms with Crippen LogP contribution < -0.4 is 15.5 Å². The molecule has 4 aromatic carbocycles. The Morgan fingerprint density at radius 1 is 0.647 bits per heavy atom. The average Bonchev–Trinajstić information content (AvgIpc) is 2.87. The van der Waals surface area contributed by atoms with Crippen LogP contribution in [0.1, 0.15) is 21.5 Å². The molecular formula is C29H23N3O2. The number of benzene rings is 4. The van der Waals surface area contributed by atoms with Gasteiger partial charge in [-0.25, -0.2) is 4.90 Å². The molecule has 0 radical (unpaired) electrons. The number of fused-ring (bicyclic) bond motifs is 1. The maximum atomic E-state index is 13.6. The number of para-hydroxylation sites is 3. The highest BCUT2D eigenvalue weighted by atomic mass is 16.2. The van der Waals surface area contributed by atoms with Crippen LogP contribution >= 0.6 is 0 Å². The van der Waals surface area contributed by atoms with Crippen LogP contribution in [0, 0.1) is 6.92 Å². The number of rotatable bonds is 5. The molecule has 0 aromatic heterocycles. The first kappa shape index (κ1) is 21.2. The zero-order valence-corrected chi connectivity index (χ0v) is 18.7. The Bertz CT molecular complexity index is 1390. The van der Waals surface area contributed by atoms with E-state index in [0.29, 0.717) is 22.4 Å². The highest BCUT2D eigenvalue weighted by Gasteiger charge is 2.35. The van der Waals surface area contributed by atoms with E-state index in [9.17, 15) is 9.59 Å². The molecule has 1 aliphatic heterocycles. The number of carbonyl (C=O) groups excluding carboxylic acids is 2. The molecule has 2 amide bonds. The average molecular weight is 446 g/mol. The fourth-order valence-electron chi connectivity index (χ4n) is 3.97. The summed E-state index contributed by atoms with van der Waals surface area (Å²) in [5.41, 5.74) is 5.77. The molecule has 0 bridgehead atoms. The van der Waals surface area contributed by atoms with Crippen LogP contribution in [0.4, 0.5) is 22.7 Å². The topological polar surface area (TPSA) is 61.4 Å². The van der Waals surface area contributed by atoms with E-state index >= 15 is 0 Å². The summed E-state index contributed by atoms with van der Waals surface area (Å²) >= 11 is 0. The lowest BCUT2D eigenvalue weighted by atomic mass is 9.93. The number of carbonyl (C=O) groups is 2. The van der Waals surface area contributed by atoms with Gasteiger partial charge >= 0.3 is 0 Å². The van der Waals surface area contributed by atoms with Crippen molar-refractivity contribution in [1.29, 1.82) is 0 Å². The predicted molar refractivity (Wildman–Crippen MR) is 137 cm³/mol. The highest BCUT2D eigenvalue weighted by Crippen LogP contribution is 2.33. The van der Waals surface area contributed by atoms with Gasteiger partial charge in [-0.05, 0) is 49.4 Å². The normalized spacial score (nSPS) is 14.1. The zero-order chi connectivity index (χ0) is 23.5. The first-order valence-electron chi connectivity index (χ1n) is 11.0. The van der Waals surface area contributed by atoms with Crippen LogP contribution in [-0.4, -0.2) is 11.8 Å². The van der Waals surface area contributed by atoms with Crippen molar-refractivity contribution in [2.24, 2.45) is 0 Å². The second kappa shape index (κ2) is 9.08. The van der Waals surface area contributed by atoms with Gasteiger partial charge in [-0.3, -0.25) is 9.59 Å². The molecule has 5 rings (SSSR count). The maximum Gasteiger partial charge on any atom is 0.267 e. The lowest BCUT2D eigenvalue weighted by Gasteiger charge is -2.28. The number of imide groups is 1. The molecule has 1 heterocycles. The van der Waals surface area contributed by atoms with Crippen LogP contribution in [0.25, 0.3) is 5.57 Å². The third kappa shape index (κ3) is 4.07. The lowest BCUT2D eigenvalue weighted by Crippen LogP contribution is -2.42. The Labute approximate surface area is 198 Å². The third-order valence-corrected chi connectivity index (χ3v) is 5.73. The van der Waals surface area contributed by atoms with Crippen LogP contribution in [-0.2, 0) is 4.79 Å². The molecule has 2 N–H and O–H groups in total. The Kier molecular flexibility index (Phi) is 5.67. The summed E-state index contributed by atoms with van der Waals surface area (Å²) in [6, 6.07) is 32.2. The summed E-state index contributed by atoms with van der Waals surface area (Å²) in [5, 5.41) is 6.68. The van der Waals surface area contributed by atoms with Crippen molar-refractivity contribution in [3.63, 3.8) is 0 Å². The molecule has 1 aliphatic rings.